The van der Waals surface area contributed by atoms with Crippen molar-refractivity contribution in [1.82, 2.24) is 0 Å². The second-order valence-electron chi connectivity index (χ2n) is 5.06. The predicted molar refractivity (Wildman–Crippen MR) is 78.9 cm³/mol. The van der Waals surface area contributed by atoms with Crippen LogP contribution in [0.5, 0.6) is 11.5 Å². The maximum Gasteiger partial charge on any atom is 0.115 e. The van der Waals surface area contributed by atoms with Gasteiger partial charge >= 0.3 is 0 Å². The van der Waals surface area contributed by atoms with Crippen LogP contribution in [0.4, 0.5) is 0 Å². The fraction of sp³-hybridized carbons (Fsp3) is 0.294. The smallest absolute Gasteiger partial charge is 0.115 e. The molecule has 0 heterocycles. The lowest BCUT2D eigenvalue weighted by Gasteiger charge is -2.10. The maximum atomic E-state index is 9.98. The number of aryl methyl sites for hydroxylation is 2. The van der Waals surface area contributed by atoms with Gasteiger partial charge in [0.05, 0.1) is 6.10 Å². The van der Waals surface area contributed by atoms with Crippen LogP contribution in [0.1, 0.15) is 24.0 Å². The van der Waals surface area contributed by atoms with Gasteiger partial charge in [-0.05, 0) is 61.1 Å². The topological polar surface area (TPSA) is 60.7 Å². The molecule has 2 rings (SSSR count). The van der Waals surface area contributed by atoms with Gasteiger partial charge in [0.1, 0.15) is 11.5 Å². The van der Waals surface area contributed by atoms with Crippen molar-refractivity contribution >= 4 is 0 Å². The zero-order chi connectivity index (χ0) is 14.4. The Balaban J connectivity index is 1.73. The van der Waals surface area contributed by atoms with Crippen molar-refractivity contribution in [3.05, 3.63) is 59.7 Å². The molecule has 0 amide bonds. The number of aromatic hydroxyl groups is 2. The Morgan fingerprint density at radius 3 is 1.35 bits per heavy atom. The van der Waals surface area contributed by atoms with E-state index in [-0.39, 0.29) is 17.6 Å². The van der Waals surface area contributed by atoms with Crippen LogP contribution in [0, 0.1) is 0 Å². The lowest BCUT2D eigenvalue weighted by Crippen LogP contribution is -2.09. The van der Waals surface area contributed by atoms with Crippen molar-refractivity contribution in [2.24, 2.45) is 0 Å². The summed E-state index contributed by atoms with van der Waals surface area (Å²) in [5, 5.41) is 28.4. The molecule has 0 aromatic heterocycles. The highest BCUT2D eigenvalue weighted by molar-refractivity contribution is 5.26. The Labute approximate surface area is 119 Å². The highest BCUT2D eigenvalue weighted by Crippen LogP contribution is 2.15. The van der Waals surface area contributed by atoms with Crippen LogP contribution in [-0.4, -0.2) is 21.4 Å². The lowest BCUT2D eigenvalue weighted by atomic mass is 10.0. The zero-order valence-electron chi connectivity index (χ0n) is 11.4. The molecule has 0 atom stereocenters. The lowest BCUT2D eigenvalue weighted by molar-refractivity contribution is 0.155. The average Bonchev–Trinajstić information content (AvgIpc) is 2.46. The second kappa shape index (κ2) is 6.96. The summed E-state index contributed by atoms with van der Waals surface area (Å²) in [5.41, 5.74) is 2.23. The first-order chi connectivity index (χ1) is 9.63. The van der Waals surface area contributed by atoms with E-state index in [9.17, 15) is 15.3 Å². The summed E-state index contributed by atoms with van der Waals surface area (Å²) in [4.78, 5) is 0. The molecule has 0 saturated carbocycles. The van der Waals surface area contributed by atoms with Crippen molar-refractivity contribution in [2.45, 2.75) is 31.8 Å². The first-order valence-corrected chi connectivity index (χ1v) is 6.87. The van der Waals surface area contributed by atoms with Crippen LogP contribution in [0.3, 0.4) is 0 Å². The van der Waals surface area contributed by atoms with Crippen molar-refractivity contribution in [1.29, 1.82) is 0 Å². The van der Waals surface area contributed by atoms with Gasteiger partial charge in [0.2, 0.25) is 0 Å². The standard InChI is InChI=1S/C17H20O3/c18-15-7-1-13(2-8-15)5-11-17(20)12-6-14-3-9-16(19)10-4-14/h1-4,7-10,17-20H,5-6,11-12H2. The molecule has 3 heteroatoms. The second-order valence-corrected chi connectivity index (χ2v) is 5.06. The number of rotatable bonds is 6. The van der Waals surface area contributed by atoms with Crippen LogP contribution in [-0.2, 0) is 12.8 Å². The summed E-state index contributed by atoms with van der Waals surface area (Å²) in [5.74, 6) is 0.531. The van der Waals surface area contributed by atoms with E-state index in [1.165, 1.54) is 0 Å². The summed E-state index contributed by atoms with van der Waals surface area (Å²) in [6.07, 6.45) is 2.69. The van der Waals surface area contributed by atoms with E-state index >= 15 is 0 Å². The molecule has 0 radical (unpaired) electrons. The van der Waals surface area contributed by atoms with E-state index in [0.717, 1.165) is 24.0 Å². The molecule has 0 aliphatic carbocycles. The Hall–Kier alpha value is -2.00. The third kappa shape index (κ3) is 4.59. The Kier molecular flexibility index (Phi) is 5.02. The monoisotopic (exact) mass is 272 g/mol. The summed E-state index contributed by atoms with van der Waals surface area (Å²) < 4.78 is 0. The molecular formula is C17H20O3. The van der Waals surface area contributed by atoms with Gasteiger partial charge in [-0.25, -0.2) is 0 Å². The van der Waals surface area contributed by atoms with Gasteiger partial charge in [-0.1, -0.05) is 24.3 Å². The number of aliphatic hydroxyl groups excluding tert-OH is 1. The highest BCUT2D eigenvalue weighted by Gasteiger charge is 2.05. The first-order valence-electron chi connectivity index (χ1n) is 6.87. The average molecular weight is 272 g/mol. The molecule has 0 saturated heterocycles. The summed E-state index contributed by atoms with van der Waals surface area (Å²) in [6.45, 7) is 0. The van der Waals surface area contributed by atoms with Crippen molar-refractivity contribution < 1.29 is 15.3 Å². The van der Waals surface area contributed by atoms with Crippen LogP contribution >= 0.6 is 0 Å². The van der Waals surface area contributed by atoms with Crippen LogP contribution < -0.4 is 0 Å². The molecule has 2 aromatic carbocycles. The van der Waals surface area contributed by atoms with Crippen LogP contribution in [0.2, 0.25) is 0 Å². The minimum atomic E-state index is -0.336. The molecule has 3 nitrogen and oxygen atoms in total. The number of hydrogen-bond donors (Lipinski definition) is 3. The first kappa shape index (κ1) is 14.4. The molecule has 0 aliphatic heterocycles. The van der Waals surface area contributed by atoms with Crippen molar-refractivity contribution in [2.75, 3.05) is 0 Å². The fourth-order valence-corrected chi connectivity index (χ4v) is 2.14. The molecule has 2 aromatic rings. The third-order valence-electron chi connectivity index (χ3n) is 3.41. The van der Waals surface area contributed by atoms with Gasteiger partial charge in [-0.2, -0.15) is 0 Å². The van der Waals surface area contributed by atoms with E-state index in [1.807, 2.05) is 24.3 Å². The SMILES string of the molecule is Oc1ccc(CCC(O)CCc2ccc(O)cc2)cc1. The molecule has 0 spiro atoms. The quantitative estimate of drug-likeness (QED) is 0.757. The van der Waals surface area contributed by atoms with Crippen molar-refractivity contribution in [3.63, 3.8) is 0 Å². The normalized spacial score (nSPS) is 10.9. The molecule has 20 heavy (non-hydrogen) atoms. The van der Waals surface area contributed by atoms with E-state index in [4.69, 9.17) is 0 Å². The largest absolute Gasteiger partial charge is 0.508 e. The summed E-state index contributed by atoms with van der Waals surface area (Å²) >= 11 is 0. The molecule has 0 aliphatic rings. The Morgan fingerprint density at radius 2 is 1.00 bits per heavy atom. The highest BCUT2D eigenvalue weighted by atomic mass is 16.3. The molecular weight excluding hydrogens is 252 g/mol. The van der Waals surface area contributed by atoms with Gasteiger partial charge in [0.15, 0.2) is 0 Å². The molecule has 0 fully saturated rings. The van der Waals surface area contributed by atoms with E-state index in [2.05, 4.69) is 0 Å². The maximum absolute atomic E-state index is 9.98. The number of aliphatic hydroxyl groups is 1. The van der Waals surface area contributed by atoms with Gasteiger partial charge < -0.3 is 15.3 Å². The van der Waals surface area contributed by atoms with Gasteiger partial charge in [0.25, 0.3) is 0 Å². The number of benzene rings is 2. The molecule has 0 bridgehead atoms. The van der Waals surface area contributed by atoms with Crippen LogP contribution in [0.25, 0.3) is 0 Å². The third-order valence-corrected chi connectivity index (χ3v) is 3.41. The van der Waals surface area contributed by atoms with E-state index in [0.29, 0.717) is 12.8 Å². The Morgan fingerprint density at radius 1 is 0.650 bits per heavy atom. The van der Waals surface area contributed by atoms with Gasteiger partial charge in [0, 0.05) is 0 Å². The number of hydrogen-bond acceptors (Lipinski definition) is 3. The summed E-state index contributed by atoms with van der Waals surface area (Å²) in [6, 6.07) is 14.2. The molecule has 106 valence electrons. The molecule has 3 N–H and O–H groups in total. The van der Waals surface area contributed by atoms with Crippen molar-refractivity contribution in [3.8, 4) is 11.5 Å². The molecule has 0 unspecified atom stereocenters. The Bertz CT molecular complexity index is 467. The fourth-order valence-electron chi connectivity index (χ4n) is 2.14. The van der Waals surface area contributed by atoms with Gasteiger partial charge in [-0.3, -0.25) is 0 Å². The van der Waals surface area contributed by atoms with Gasteiger partial charge in [-0.15, -0.1) is 0 Å². The van der Waals surface area contributed by atoms with E-state index < -0.39 is 0 Å². The number of phenolic OH excluding ortho intramolecular Hbond substituents is 2. The predicted octanol–water partition coefficient (Wildman–Crippen LogP) is 3.02. The van der Waals surface area contributed by atoms with Crippen LogP contribution in [0.15, 0.2) is 48.5 Å². The minimum absolute atomic E-state index is 0.265. The number of phenols is 2. The zero-order valence-corrected chi connectivity index (χ0v) is 11.4. The minimum Gasteiger partial charge on any atom is -0.508 e. The summed E-state index contributed by atoms with van der Waals surface area (Å²) in [7, 11) is 0. The van der Waals surface area contributed by atoms with E-state index in [1.54, 1.807) is 24.3 Å².